The predicted octanol–water partition coefficient (Wildman–Crippen LogP) is 2.27. The van der Waals surface area contributed by atoms with Crippen molar-refractivity contribution in [3.05, 3.63) is 59.4 Å². The van der Waals surface area contributed by atoms with E-state index in [2.05, 4.69) is 16.4 Å². The smallest absolute Gasteiger partial charge is 0.258 e. The standard InChI is InChI=1S/C17H18N2O2/c20-17(19-11-15-6-1-2-9-18-15)12-21-16-8-7-13-4-3-5-14(13)10-16/h1-2,6-10H,3-5,11-12H2,(H,19,20). The summed E-state index contributed by atoms with van der Waals surface area (Å²) in [5, 5.41) is 2.80. The monoisotopic (exact) mass is 282 g/mol. The van der Waals surface area contributed by atoms with Crippen molar-refractivity contribution in [1.82, 2.24) is 10.3 Å². The zero-order valence-corrected chi connectivity index (χ0v) is 11.8. The highest BCUT2D eigenvalue weighted by Gasteiger charge is 2.11. The first-order valence-corrected chi connectivity index (χ1v) is 7.22. The highest BCUT2D eigenvalue weighted by Crippen LogP contribution is 2.25. The van der Waals surface area contributed by atoms with E-state index in [1.807, 2.05) is 30.3 Å². The van der Waals surface area contributed by atoms with E-state index >= 15 is 0 Å². The second-order valence-corrected chi connectivity index (χ2v) is 5.17. The minimum atomic E-state index is -0.138. The van der Waals surface area contributed by atoms with Crippen molar-refractivity contribution in [2.45, 2.75) is 25.8 Å². The zero-order chi connectivity index (χ0) is 14.5. The molecule has 1 aliphatic carbocycles. The zero-order valence-electron chi connectivity index (χ0n) is 11.8. The number of fused-ring (bicyclic) bond motifs is 1. The number of hydrogen-bond donors (Lipinski definition) is 1. The summed E-state index contributed by atoms with van der Waals surface area (Å²) >= 11 is 0. The molecule has 2 aromatic rings. The molecule has 1 N–H and O–H groups in total. The average molecular weight is 282 g/mol. The van der Waals surface area contributed by atoms with E-state index in [9.17, 15) is 4.79 Å². The number of hydrogen-bond acceptors (Lipinski definition) is 3. The lowest BCUT2D eigenvalue weighted by molar-refractivity contribution is -0.123. The molecule has 0 saturated carbocycles. The summed E-state index contributed by atoms with van der Waals surface area (Å²) in [6.07, 6.45) is 5.18. The van der Waals surface area contributed by atoms with Gasteiger partial charge in [-0.15, -0.1) is 0 Å². The van der Waals surface area contributed by atoms with Crippen LogP contribution in [0.5, 0.6) is 5.75 Å². The lowest BCUT2D eigenvalue weighted by Gasteiger charge is -2.08. The van der Waals surface area contributed by atoms with Crippen LogP contribution >= 0.6 is 0 Å². The number of benzene rings is 1. The van der Waals surface area contributed by atoms with Gasteiger partial charge in [0, 0.05) is 6.20 Å². The molecule has 3 rings (SSSR count). The minimum absolute atomic E-state index is 0.0334. The Labute approximate surface area is 124 Å². The fourth-order valence-corrected chi connectivity index (χ4v) is 2.53. The molecule has 0 radical (unpaired) electrons. The Kier molecular flexibility index (Phi) is 4.15. The Hall–Kier alpha value is -2.36. The van der Waals surface area contributed by atoms with Crippen molar-refractivity contribution in [2.75, 3.05) is 6.61 Å². The van der Waals surface area contributed by atoms with E-state index in [1.165, 1.54) is 17.5 Å². The van der Waals surface area contributed by atoms with E-state index in [-0.39, 0.29) is 12.5 Å². The van der Waals surface area contributed by atoms with Gasteiger partial charge in [-0.2, -0.15) is 0 Å². The van der Waals surface area contributed by atoms with Gasteiger partial charge in [-0.25, -0.2) is 0 Å². The number of rotatable bonds is 5. The van der Waals surface area contributed by atoms with Crippen LogP contribution in [0.1, 0.15) is 23.2 Å². The number of nitrogens with zero attached hydrogens (tertiary/aromatic N) is 1. The molecule has 21 heavy (non-hydrogen) atoms. The summed E-state index contributed by atoms with van der Waals surface area (Å²) in [5.41, 5.74) is 3.59. The third kappa shape index (κ3) is 3.60. The Morgan fingerprint density at radius 3 is 2.95 bits per heavy atom. The van der Waals surface area contributed by atoms with Gasteiger partial charge in [-0.1, -0.05) is 12.1 Å². The number of ether oxygens (including phenoxy) is 1. The van der Waals surface area contributed by atoms with Gasteiger partial charge < -0.3 is 10.1 Å². The maximum Gasteiger partial charge on any atom is 0.258 e. The molecule has 0 spiro atoms. The van der Waals surface area contributed by atoms with Crippen LogP contribution in [0.2, 0.25) is 0 Å². The SMILES string of the molecule is O=C(COc1ccc2c(c1)CCC2)NCc1ccccn1. The second kappa shape index (κ2) is 6.39. The summed E-state index contributed by atoms with van der Waals surface area (Å²) < 4.78 is 5.55. The highest BCUT2D eigenvalue weighted by molar-refractivity contribution is 5.77. The number of aromatic nitrogens is 1. The fraction of sp³-hybridized carbons (Fsp3) is 0.294. The molecular formula is C17H18N2O2. The largest absolute Gasteiger partial charge is 0.484 e. The summed E-state index contributed by atoms with van der Waals surface area (Å²) in [5.74, 6) is 0.629. The molecule has 0 saturated heterocycles. The summed E-state index contributed by atoms with van der Waals surface area (Å²) in [6, 6.07) is 11.7. The van der Waals surface area contributed by atoms with Crippen molar-refractivity contribution < 1.29 is 9.53 Å². The minimum Gasteiger partial charge on any atom is -0.484 e. The topological polar surface area (TPSA) is 51.2 Å². The molecule has 1 aromatic carbocycles. The molecule has 1 heterocycles. The number of aryl methyl sites for hydroxylation is 2. The molecule has 0 fully saturated rings. The molecule has 108 valence electrons. The molecule has 0 atom stereocenters. The maximum absolute atomic E-state index is 11.8. The first kappa shape index (κ1) is 13.6. The van der Waals surface area contributed by atoms with Crippen LogP contribution in [0.4, 0.5) is 0 Å². The lowest BCUT2D eigenvalue weighted by Crippen LogP contribution is -2.28. The number of pyridine rings is 1. The Bertz CT molecular complexity index is 626. The summed E-state index contributed by atoms with van der Waals surface area (Å²) in [7, 11) is 0. The molecule has 0 bridgehead atoms. The van der Waals surface area contributed by atoms with E-state index in [1.54, 1.807) is 6.20 Å². The van der Waals surface area contributed by atoms with Crippen LogP contribution in [-0.4, -0.2) is 17.5 Å². The van der Waals surface area contributed by atoms with Crippen LogP contribution in [0.15, 0.2) is 42.6 Å². The van der Waals surface area contributed by atoms with Gasteiger partial charge in [-0.05, 0) is 54.7 Å². The molecule has 0 unspecified atom stereocenters. The van der Waals surface area contributed by atoms with Crippen LogP contribution in [0.3, 0.4) is 0 Å². The summed E-state index contributed by atoms with van der Waals surface area (Å²) in [4.78, 5) is 15.9. The number of amides is 1. The highest BCUT2D eigenvalue weighted by atomic mass is 16.5. The third-order valence-corrected chi connectivity index (χ3v) is 3.63. The van der Waals surface area contributed by atoms with E-state index in [4.69, 9.17) is 4.74 Å². The quantitative estimate of drug-likeness (QED) is 0.915. The first-order valence-electron chi connectivity index (χ1n) is 7.22. The molecule has 4 nitrogen and oxygen atoms in total. The predicted molar refractivity (Wildman–Crippen MR) is 80.0 cm³/mol. The van der Waals surface area contributed by atoms with Crippen molar-refractivity contribution in [2.24, 2.45) is 0 Å². The number of carbonyl (C=O) groups excluding carboxylic acids is 1. The van der Waals surface area contributed by atoms with Crippen LogP contribution < -0.4 is 10.1 Å². The molecule has 4 heteroatoms. The normalized spacial score (nSPS) is 12.8. The van der Waals surface area contributed by atoms with Gasteiger partial charge >= 0.3 is 0 Å². The van der Waals surface area contributed by atoms with Crippen LogP contribution in [0.25, 0.3) is 0 Å². The maximum atomic E-state index is 11.8. The van der Waals surface area contributed by atoms with Crippen molar-refractivity contribution in [3.63, 3.8) is 0 Å². The van der Waals surface area contributed by atoms with Gasteiger partial charge in [0.05, 0.1) is 12.2 Å². The first-order chi connectivity index (χ1) is 10.3. The van der Waals surface area contributed by atoms with Crippen LogP contribution in [-0.2, 0) is 24.2 Å². The van der Waals surface area contributed by atoms with Gasteiger partial charge in [0.15, 0.2) is 6.61 Å². The fourth-order valence-electron chi connectivity index (χ4n) is 2.53. The molecule has 1 aromatic heterocycles. The Morgan fingerprint density at radius 2 is 2.10 bits per heavy atom. The summed E-state index contributed by atoms with van der Waals surface area (Å²) in [6.45, 7) is 0.457. The van der Waals surface area contributed by atoms with Gasteiger partial charge in [-0.3, -0.25) is 9.78 Å². The van der Waals surface area contributed by atoms with E-state index in [0.29, 0.717) is 6.54 Å². The Balaban J connectivity index is 1.47. The van der Waals surface area contributed by atoms with Gasteiger partial charge in [0.1, 0.15) is 5.75 Å². The van der Waals surface area contributed by atoms with Crippen molar-refractivity contribution >= 4 is 5.91 Å². The number of carbonyl (C=O) groups is 1. The second-order valence-electron chi connectivity index (χ2n) is 5.17. The van der Waals surface area contributed by atoms with Crippen molar-refractivity contribution in [1.29, 1.82) is 0 Å². The van der Waals surface area contributed by atoms with Gasteiger partial charge in [0.25, 0.3) is 5.91 Å². The molecule has 1 aliphatic rings. The van der Waals surface area contributed by atoms with Crippen LogP contribution in [0, 0.1) is 0 Å². The molecule has 1 amide bonds. The van der Waals surface area contributed by atoms with Crippen molar-refractivity contribution in [3.8, 4) is 5.75 Å². The van der Waals surface area contributed by atoms with Gasteiger partial charge in [0.2, 0.25) is 0 Å². The molecular weight excluding hydrogens is 264 g/mol. The lowest BCUT2D eigenvalue weighted by atomic mass is 10.1. The van der Waals surface area contributed by atoms with E-state index in [0.717, 1.165) is 24.3 Å². The Morgan fingerprint density at radius 1 is 1.19 bits per heavy atom. The average Bonchev–Trinajstić information content (AvgIpc) is 2.99. The number of nitrogens with one attached hydrogen (secondary N) is 1. The molecule has 0 aliphatic heterocycles. The third-order valence-electron chi connectivity index (χ3n) is 3.63. The van der Waals surface area contributed by atoms with E-state index < -0.39 is 0 Å².